The standard InChI is InChI=1S/C15H13F4INO2/c1-20(2,3)11-5-4-8(7-21-11)15(22)23-14-12(18)9(16)6-10(17)13(14)19/h4-7H,1-3H3/q-1. The van der Waals surface area contributed by atoms with Gasteiger partial charge < -0.3 is 0 Å². The van der Waals surface area contributed by atoms with Gasteiger partial charge in [0.25, 0.3) is 0 Å². The minimum atomic E-state index is -2.10. The fourth-order valence-electron chi connectivity index (χ4n) is 1.62. The Labute approximate surface area is 134 Å². The topological polar surface area (TPSA) is 39.2 Å². The SMILES string of the molecule is C[I-](C)(C)c1ccc(C(=O)Oc2c(F)c(F)cc(F)c2F)cn1. The molecule has 2 aromatic rings. The van der Waals surface area contributed by atoms with Crippen molar-refractivity contribution in [2.75, 3.05) is 14.8 Å². The van der Waals surface area contributed by atoms with Crippen LogP contribution in [0, 0.1) is 27.0 Å². The van der Waals surface area contributed by atoms with Crippen molar-refractivity contribution >= 4 is 5.97 Å². The van der Waals surface area contributed by atoms with Crippen molar-refractivity contribution in [2.24, 2.45) is 0 Å². The van der Waals surface area contributed by atoms with Crippen LogP contribution < -0.4 is 23.2 Å². The summed E-state index contributed by atoms with van der Waals surface area (Å²) in [6.45, 7) is 0. The van der Waals surface area contributed by atoms with Gasteiger partial charge in [0, 0.05) is 0 Å². The first-order chi connectivity index (χ1) is 10.6. The predicted octanol–water partition coefficient (Wildman–Crippen LogP) is 0.0766. The van der Waals surface area contributed by atoms with Gasteiger partial charge in [-0.2, -0.15) is 0 Å². The molecule has 0 amide bonds. The van der Waals surface area contributed by atoms with E-state index in [1.54, 1.807) is 6.07 Å². The zero-order chi connectivity index (χ0) is 17.4. The Morgan fingerprint density at radius 2 is 1.61 bits per heavy atom. The first-order valence-corrected chi connectivity index (χ1v) is 13.8. The van der Waals surface area contributed by atoms with E-state index in [2.05, 4.69) is 24.5 Å². The molecule has 0 saturated carbocycles. The zero-order valence-corrected chi connectivity index (χ0v) is 14.6. The normalized spacial score (nSPS) is 12.1. The van der Waals surface area contributed by atoms with Crippen LogP contribution in [-0.4, -0.2) is 25.7 Å². The Kier molecular flexibility index (Phi) is 4.92. The second kappa shape index (κ2) is 6.42. The molecule has 0 bridgehead atoms. The monoisotopic (exact) mass is 442 g/mol. The molecular weight excluding hydrogens is 429 g/mol. The van der Waals surface area contributed by atoms with E-state index < -0.39 is 53.4 Å². The molecule has 8 heteroatoms. The second-order valence-electron chi connectivity index (χ2n) is 5.26. The summed E-state index contributed by atoms with van der Waals surface area (Å²) in [6.07, 6.45) is 1.21. The fourth-order valence-corrected chi connectivity index (χ4v) is 3.86. The average Bonchev–Trinajstić information content (AvgIpc) is 2.48. The van der Waals surface area contributed by atoms with Crippen molar-refractivity contribution in [3.8, 4) is 5.75 Å². The van der Waals surface area contributed by atoms with E-state index in [9.17, 15) is 22.4 Å². The first kappa shape index (κ1) is 17.6. The molecule has 0 aliphatic rings. The van der Waals surface area contributed by atoms with E-state index in [1.807, 2.05) is 0 Å². The predicted molar refractivity (Wildman–Crippen MR) is 71.9 cm³/mol. The van der Waals surface area contributed by atoms with E-state index >= 15 is 0 Å². The number of halogens is 5. The van der Waals surface area contributed by atoms with Gasteiger partial charge in [0.2, 0.25) is 0 Å². The summed E-state index contributed by atoms with van der Waals surface area (Å²) in [4.78, 5) is 22.3. The Balaban J connectivity index is 2.30. The Morgan fingerprint density at radius 1 is 1.04 bits per heavy atom. The summed E-state index contributed by atoms with van der Waals surface area (Å²) < 4.78 is 58.4. The van der Waals surface area contributed by atoms with Crippen LogP contribution in [0.2, 0.25) is 0 Å². The summed E-state index contributed by atoms with van der Waals surface area (Å²) in [5.41, 5.74) is -0.0810. The molecule has 0 spiro atoms. The number of benzene rings is 1. The van der Waals surface area contributed by atoms with Gasteiger partial charge in [-0.25, -0.2) is 0 Å². The molecule has 1 aromatic heterocycles. The molecule has 0 aliphatic carbocycles. The molecule has 0 saturated heterocycles. The van der Waals surface area contributed by atoms with Crippen LogP contribution in [0.1, 0.15) is 10.4 Å². The van der Waals surface area contributed by atoms with Gasteiger partial charge in [-0.3, -0.25) is 0 Å². The molecular formula is C15H13F4INO2-. The third-order valence-corrected chi connectivity index (χ3v) is 6.76. The molecule has 2 rings (SSSR count). The molecule has 0 radical (unpaired) electrons. The van der Waals surface area contributed by atoms with Crippen molar-refractivity contribution in [1.82, 2.24) is 4.98 Å². The summed E-state index contributed by atoms with van der Waals surface area (Å²) in [7, 11) is 0. The van der Waals surface area contributed by atoms with Crippen molar-refractivity contribution in [3.63, 3.8) is 0 Å². The fraction of sp³-hybridized carbons (Fsp3) is 0.200. The van der Waals surface area contributed by atoms with Gasteiger partial charge in [0.1, 0.15) is 0 Å². The number of carbonyl (C=O) groups is 1. The number of rotatable bonds is 3. The second-order valence-corrected chi connectivity index (χ2v) is 16.1. The van der Waals surface area contributed by atoms with Crippen LogP contribution in [0.25, 0.3) is 0 Å². The number of pyridine rings is 1. The molecule has 1 heterocycles. The quantitative estimate of drug-likeness (QED) is 0.129. The van der Waals surface area contributed by atoms with Crippen LogP contribution in [0.15, 0.2) is 24.4 Å². The molecule has 0 aliphatic heterocycles. The number of aromatic nitrogens is 1. The number of alkyl halides is 3. The average molecular weight is 442 g/mol. The zero-order valence-electron chi connectivity index (χ0n) is 12.5. The summed E-state index contributed by atoms with van der Waals surface area (Å²) in [5.74, 6) is -9.42. The Morgan fingerprint density at radius 3 is 2.04 bits per heavy atom. The van der Waals surface area contributed by atoms with Crippen molar-refractivity contribution < 1.29 is 45.5 Å². The van der Waals surface area contributed by atoms with Gasteiger partial charge in [0.15, 0.2) is 0 Å². The Hall–Kier alpha value is -1.71. The molecule has 1 aromatic carbocycles. The molecule has 0 fully saturated rings. The first-order valence-electron chi connectivity index (χ1n) is 6.20. The third-order valence-electron chi connectivity index (χ3n) is 2.81. The van der Waals surface area contributed by atoms with Gasteiger partial charge in [-0.1, -0.05) is 0 Å². The number of ether oxygens (including phenoxy) is 1. The molecule has 126 valence electrons. The van der Waals surface area contributed by atoms with E-state index in [0.29, 0.717) is 0 Å². The molecule has 3 nitrogen and oxygen atoms in total. The van der Waals surface area contributed by atoms with Crippen LogP contribution in [0.5, 0.6) is 5.75 Å². The van der Waals surface area contributed by atoms with E-state index in [1.165, 1.54) is 12.3 Å². The minimum absolute atomic E-state index is 0.0354. The van der Waals surface area contributed by atoms with Crippen LogP contribution in [-0.2, 0) is 0 Å². The maximum atomic E-state index is 13.5. The summed E-state index contributed by atoms with van der Waals surface area (Å²) in [6, 6.07) is 3.06. The van der Waals surface area contributed by atoms with Crippen molar-refractivity contribution in [1.29, 1.82) is 0 Å². The molecule has 23 heavy (non-hydrogen) atoms. The van der Waals surface area contributed by atoms with E-state index in [4.69, 9.17) is 0 Å². The molecule has 0 N–H and O–H groups in total. The van der Waals surface area contributed by atoms with Gasteiger partial charge in [0.05, 0.1) is 0 Å². The summed E-state index contributed by atoms with van der Waals surface area (Å²) in [5, 5.41) is 0. The Bertz CT molecular complexity index is 731. The number of hydrogen-bond acceptors (Lipinski definition) is 3. The van der Waals surface area contributed by atoms with E-state index in [0.717, 1.165) is 3.70 Å². The summed E-state index contributed by atoms with van der Waals surface area (Å²) >= 11 is -2.10. The van der Waals surface area contributed by atoms with Gasteiger partial charge >= 0.3 is 134 Å². The maximum absolute atomic E-state index is 13.5. The van der Waals surface area contributed by atoms with Crippen molar-refractivity contribution in [2.45, 2.75) is 0 Å². The molecule has 0 unspecified atom stereocenters. The van der Waals surface area contributed by atoms with Gasteiger partial charge in [-0.15, -0.1) is 0 Å². The van der Waals surface area contributed by atoms with Crippen molar-refractivity contribution in [3.05, 3.63) is 56.9 Å². The third kappa shape index (κ3) is 3.80. The van der Waals surface area contributed by atoms with E-state index in [-0.39, 0.29) is 11.6 Å². The van der Waals surface area contributed by atoms with Crippen LogP contribution in [0.3, 0.4) is 0 Å². The van der Waals surface area contributed by atoms with Crippen LogP contribution in [0.4, 0.5) is 17.6 Å². The molecule has 0 atom stereocenters. The number of carbonyl (C=O) groups excluding carboxylic acids is 1. The number of hydrogen-bond donors (Lipinski definition) is 0. The number of esters is 1. The van der Waals surface area contributed by atoms with Crippen LogP contribution >= 0.6 is 0 Å². The number of nitrogens with zero attached hydrogens (tertiary/aromatic N) is 1. The van der Waals surface area contributed by atoms with Gasteiger partial charge in [-0.05, 0) is 0 Å².